The summed E-state index contributed by atoms with van der Waals surface area (Å²) in [7, 11) is 0. The molecule has 9 rings (SSSR count). The number of fused-ring (bicyclic) bond motifs is 7. The molecule has 14 N–H and O–H groups in total. The van der Waals surface area contributed by atoms with Gasteiger partial charge in [0.1, 0.15) is 85.5 Å². The van der Waals surface area contributed by atoms with E-state index < -0.39 is 224 Å². The molecule has 0 radical (unpaired) electrons. The van der Waals surface area contributed by atoms with E-state index >= 15 is 0 Å². The van der Waals surface area contributed by atoms with Gasteiger partial charge in [0.05, 0.1) is 50.2 Å². The average Bonchev–Trinajstić information content (AvgIpc) is 0.910. The largest absolute Gasteiger partial charge is 0.479 e. The van der Waals surface area contributed by atoms with Crippen molar-refractivity contribution in [2.45, 2.75) is 256 Å². The number of aliphatic hydroxyl groups excluding tert-OH is 13. The number of aliphatic carboxylic acids is 1. The average molecular weight is 1270 g/mol. The molecule has 0 aromatic rings. The first-order valence-electron chi connectivity index (χ1n) is 31.1. The molecule has 27 heteroatoms. The van der Waals surface area contributed by atoms with Gasteiger partial charge in [0.25, 0.3) is 0 Å². The minimum atomic E-state index is -2.19. The quantitative estimate of drug-likeness (QED) is 0.0371. The van der Waals surface area contributed by atoms with Gasteiger partial charge >= 0.3 is 17.9 Å². The third-order valence-corrected chi connectivity index (χ3v) is 23.1. The molecule has 506 valence electrons. The number of hydrogen-bond acceptors (Lipinski definition) is 26. The number of carboxylic acid groups (broad SMARTS) is 1. The second kappa shape index (κ2) is 25.8. The predicted octanol–water partition coefficient (Wildman–Crippen LogP) is -1.27. The molecule has 8 fully saturated rings. The van der Waals surface area contributed by atoms with Crippen LogP contribution in [0.25, 0.3) is 0 Å². The summed E-state index contributed by atoms with van der Waals surface area (Å²) < 4.78 is 61.9. The molecule has 0 spiro atoms. The van der Waals surface area contributed by atoms with Crippen LogP contribution in [0, 0.1) is 50.2 Å². The predicted molar refractivity (Wildman–Crippen MR) is 303 cm³/mol. The second-order valence-corrected chi connectivity index (χ2v) is 28.4. The Morgan fingerprint density at radius 1 is 0.607 bits per heavy atom. The summed E-state index contributed by atoms with van der Waals surface area (Å²) in [6.45, 7) is 17.4. The molecule has 4 heterocycles. The van der Waals surface area contributed by atoms with Gasteiger partial charge in [0, 0.05) is 22.0 Å². The van der Waals surface area contributed by atoms with Crippen molar-refractivity contribution in [3.8, 4) is 0 Å². The van der Waals surface area contributed by atoms with Gasteiger partial charge in [-0.3, -0.25) is 0 Å². The highest BCUT2D eigenvalue weighted by Crippen LogP contribution is 2.76. The summed E-state index contributed by atoms with van der Waals surface area (Å²) in [4.78, 5) is 41.2. The third kappa shape index (κ3) is 11.4. The molecule has 0 aromatic heterocycles. The van der Waals surface area contributed by atoms with Crippen molar-refractivity contribution in [2.75, 3.05) is 26.4 Å². The van der Waals surface area contributed by atoms with E-state index in [9.17, 15) is 85.9 Å². The minimum absolute atomic E-state index is 0.209. The van der Waals surface area contributed by atoms with Gasteiger partial charge in [-0.2, -0.15) is 0 Å². The topological polar surface area (TPSA) is 427 Å². The summed E-state index contributed by atoms with van der Waals surface area (Å²) in [6, 6.07) is 0. The van der Waals surface area contributed by atoms with Gasteiger partial charge in [-0.15, -0.1) is 0 Å². The SMILES string of the molecule is CC=C(C)C(=O)OC1C(OC(=O)C(C)=CC)C2(CO)C(CC1(C)C)C1=CCC3C4(C)CCC(OC5OC(C(=O)O)C(OC6OC(CO)C(O)C6O)C(OC6OCC(O)C(O)C6O)C5OC5OC(CO)C(O)C(O)C5O)C(C)(C)C4CCC3(C)C1(C)C(O)C2O. The Labute approximate surface area is 517 Å². The van der Waals surface area contributed by atoms with Crippen LogP contribution in [0.1, 0.15) is 115 Å². The lowest BCUT2D eigenvalue weighted by Crippen LogP contribution is -2.76. The lowest BCUT2D eigenvalue weighted by molar-refractivity contribution is -0.401. The van der Waals surface area contributed by atoms with Gasteiger partial charge in [-0.05, 0) is 100 Å². The minimum Gasteiger partial charge on any atom is -0.479 e. The van der Waals surface area contributed by atoms with E-state index in [4.69, 9.17) is 47.4 Å². The Hall–Kier alpha value is -3.21. The van der Waals surface area contributed by atoms with Crippen molar-refractivity contribution in [1.29, 1.82) is 0 Å². The maximum Gasteiger partial charge on any atom is 0.335 e. The fraction of sp³-hybridized carbons (Fsp3) is 0.855. The van der Waals surface area contributed by atoms with E-state index in [1.54, 1.807) is 39.8 Å². The standard InChI is InChI=1S/C62H96O27/c1-12-25(3)51(78)88-48-49(89-52(79)26(4)13-2)62(24-65)28(20-57(48,5)6)27-14-15-33-59(9)18-17-34(58(7,8)32(59)16-19-60(33,10)61(27,11)46(74)47(62)75)83-56-45(87-55-41(73)38(70)36(68)30(21-63)81-55)43(84-53-39(71)35(67)29(66)23-80-53)42(44(86-56)50(76)77)85-54-40(72)37(69)31(22-64)82-54/h12-14,28-49,53-56,63-75H,15-24H2,1-11H3,(H,76,77). The molecule has 4 saturated carbocycles. The summed E-state index contributed by atoms with van der Waals surface area (Å²) in [6.07, 6.45) is -33.2. The third-order valence-electron chi connectivity index (χ3n) is 23.1. The van der Waals surface area contributed by atoms with Gasteiger partial charge in [-0.1, -0.05) is 72.3 Å². The summed E-state index contributed by atoms with van der Waals surface area (Å²) in [5.41, 5.74) is -4.79. The number of hydrogen-bond donors (Lipinski definition) is 14. The Bertz CT molecular complexity index is 2660. The highest BCUT2D eigenvalue weighted by atomic mass is 16.8. The van der Waals surface area contributed by atoms with Crippen LogP contribution in [0.3, 0.4) is 0 Å². The maximum absolute atomic E-state index is 13.9. The van der Waals surface area contributed by atoms with Gasteiger partial charge in [0.2, 0.25) is 0 Å². The van der Waals surface area contributed by atoms with E-state index in [-0.39, 0.29) is 30.3 Å². The van der Waals surface area contributed by atoms with Crippen LogP contribution in [0.2, 0.25) is 0 Å². The molecule has 4 aliphatic heterocycles. The molecule has 9 aliphatic rings. The number of carbonyl (C=O) groups is 3. The second-order valence-electron chi connectivity index (χ2n) is 28.4. The molecule has 0 bridgehead atoms. The van der Waals surface area contributed by atoms with Crippen LogP contribution in [-0.4, -0.2) is 257 Å². The molecule has 30 atom stereocenters. The molecule has 89 heavy (non-hydrogen) atoms. The van der Waals surface area contributed by atoms with Crippen molar-refractivity contribution in [2.24, 2.45) is 50.2 Å². The van der Waals surface area contributed by atoms with E-state index in [0.717, 1.165) is 5.57 Å². The number of esters is 2. The maximum atomic E-state index is 13.9. The van der Waals surface area contributed by atoms with Crippen molar-refractivity contribution < 1.29 is 133 Å². The molecule has 0 aromatic carbocycles. The molecule has 4 saturated heterocycles. The Morgan fingerprint density at radius 3 is 1.71 bits per heavy atom. The van der Waals surface area contributed by atoms with Crippen LogP contribution < -0.4 is 0 Å². The lowest BCUT2D eigenvalue weighted by Gasteiger charge is -2.73. The lowest BCUT2D eigenvalue weighted by atomic mass is 9.32. The van der Waals surface area contributed by atoms with Gasteiger partial charge < -0.3 is 119 Å². The number of carboxylic acids is 1. The first-order chi connectivity index (χ1) is 41.6. The molecular formula is C62H96O27. The Morgan fingerprint density at radius 2 is 1.15 bits per heavy atom. The van der Waals surface area contributed by atoms with Crippen LogP contribution in [0.4, 0.5) is 0 Å². The van der Waals surface area contributed by atoms with Crippen LogP contribution in [0.15, 0.2) is 34.9 Å². The highest BCUT2D eigenvalue weighted by molar-refractivity contribution is 5.89. The Kier molecular flexibility index (Phi) is 20.4. The number of allylic oxidation sites excluding steroid dienone is 3. The normalized spacial score (nSPS) is 49.7. The van der Waals surface area contributed by atoms with Crippen molar-refractivity contribution in [3.63, 3.8) is 0 Å². The van der Waals surface area contributed by atoms with E-state index in [1.165, 1.54) is 0 Å². The van der Waals surface area contributed by atoms with E-state index in [1.807, 2.05) is 34.6 Å². The van der Waals surface area contributed by atoms with Crippen molar-refractivity contribution >= 4 is 17.9 Å². The first-order valence-corrected chi connectivity index (χ1v) is 31.1. The van der Waals surface area contributed by atoms with E-state index in [2.05, 4.69) is 19.9 Å². The smallest absolute Gasteiger partial charge is 0.335 e. The van der Waals surface area contributed by atoms with Gasteiger partial charge in [-0.25, -0.2) is 14.4 Å². The summed E-state index contributed by atoms with van der Waals surface area (Å²) in [5, 5.41) is 157. The van der Waals surface area contributed by atoms with Crippen LogP contribution in [0.5, 0.6) is 0 Å². The monoisotopic (exact) mass is 1270 g/mol. The molecule has 30 unspecified atom stereocenters. The zero-order valence-electron chi connectivity index (χ0n) is 52.4. The number of ether oxygens (including phenoxy) is 10. The summed E-state index contributed by atoms with van der Waals surface area (Å²) in [5.74, 6) is -4.28. The molecule has 27 nitrogen and oxygen atoms in total. The molecular weight excluding hydrogens is 1180 g/mol. The summed E-state index contributed by atoms with van der Waals surface area (Å²) >= 11 is 0. The first kappa shape index (κ1) is 70.1. The molecule has 0 amide bonds. The van der Waals surface area contributed by atoms with Crippen LogP contribution in [-0.2, 0) is 61.8 Å². The fourth-order valence-corrected chi connectivity index (χ4v) is 17.4. The number of aliphatic hydroxyl groups is 13. The fourth-order valence-electron chi connectivity index (χ4n) is 17.4. The zero-order chi connectivity index (χ0) is 65.7. The van der Waals surface area contributed by atoms with Gasteiger partial charge in [0.15, 0.2) is 37.4 Å². The number of rotatable bonds is 16. The Balaban J connectivity index is 1.08. The molecule has 5 aliphatic carbocycles. The highest BCUT2D eigenvalue weighted by Gasteiger charge is 2.77. The zero-order valence-corrected chi connectivity index (χ0v) is 52.4. The van der Waals surface area contributed by atoms with Crippen molar-refractivity contribution in [3.05, 3.63) is 34.9 Å². The van der Waals surface area contributed by atoms with Crippen LogP contribution >= 0.6 is 0 Å². The number of carbonyl (C=O) groups excluding carboxylic acids is 2. The van der Waals surface area contributed by atoms with Crippen molar-refractivity contribution in [1.82, 2.24) is 0 Å². The van der Waals surface area contributed by atoms with E-state index in [0.29, 0.717) is 31.3 Å².